The van der Waals surface area contributed by atoms with Crippen LogP contribution in [0.1, 0.15) is 24.3 Å². The highest BCUT2D eigenvalue weighted by Gasteiger charge is 2.35. The summed E-state index contributed by atoms with van der Waals surface area (Å²) < 4.78 is 23.7. The second-order valence-electron chi connectivity index (χ2n) is 6.46. The normalized spacial score (nSPS) is 16.7. The van der Waals surface area contributed by atoms with Gasteiger partial charge in [-0.1, -0.05) is 12.1 Å². The Kier molecular flexibility index (Phi) is 6.10. The minimum atomic E-state index is -0.739. The molecule has 1 aromatic carbocycles. The Balaban J connectivity index is 1.87. The Labute approximate surface area is 162 Å². The molecule has 2 N–H and O–H groups in total. The van der Waals surface area contributed by atoms with Gasteiger partial charge in [-0.05, 0) is 43.8 Å². The van der Waals surface area contributed by atoms with Crippen molar-refractivity contribution in [3.05, 3.63) is 71.1 Å². The molecule has 0 bridgehead atoms. The molecular weight excluding hydrogens is 365 g/mol. The van der Waals surface area contributed by atoms with E-state index in [1.165, 1.54) is 18.4 Å². The average Bonchev–Trinajstić information content (AvgIpc) is 3.18. The van der Waals surface area contributed by atoms with Crippen LogP contribution in [0.2, 0.25) is 0 Å². The molecule has 2 heterocycles. The molecule has 1 aliphatic heterocycles. The van der Waals surface area contributed by atoms with E-state index in [0.29, 0.717) is 23.6 Å². The number of furan rings is 1. The fraction of sp³-hybridized carbons (Fsp3) is 0.300. The van der Waals surface area contributed by atoms with E-state index in [2.05, 4.69) is 10.6 Å². The largest absolute Gasteiger partial charge is 0.467 e. The SMILES string of the molecule is CCOC(=O)C1=C(CN(C)Cc2ccc(F)cc2)NC(=O)N[C@H]1c1ccco1. The van der Waals surface area contributed by atoms with Gasteiger partial charge in [0, 0.05) is 18.8 Å². The van der Waals surface area contributed by atoms with Gasteiger partial charge in [0.15, 0.2) is 0 Å². The third-order valence-corrected chi connectivity index (χ3v) is 4.27. The van der Waals surface area contributed by atoms with E-state index >= 15 is 0 Å². The number of nitrogens with one attached hydrogen (secondary N) is 2. The van der Waals surface area contributed by atoms with Gasteiger partial charge in [-0.15, -0.1) is 0 Å². The molecule has 2 amide bonds. The number of ether oxygens (including phenoxy) is 1. The van der Waals surface area contributed by atoms with E-state index in [4.69, 9.17) is 9.15 Å². The maximum Gasteiger partial charge on any atom is 0.338 e. The van der Waals surface area contributed by atoms with Crippen molar-refractivity contribution in [3.63, 3.8) is 0 Å². The Bertz CT molecular complexity index is 862. The molecule has 28 heavy (non-hydrogen) atoms. The lowest BCUT2D eigenvalue weighted by Crippen LogP contribution is -2.48. The van der Waals surface area contributed by atoms with Gasteiger partial charge in [-0.25, -0.2) is 14.0 Å². The average molecular weight is 387 g/mol. The van der Waals surface area contributed by atoms with Gasteiger partial charge < -0.3 is 19.8 Å². The molecule has 0 spiro atoms. The van der Waals surface area contributed by atoms with Crippen LogP contribution in [0.25, 0.3) is 0 Å². The fourth-order valence-corrected chi connectivity index (χ4v) is 3.09. The molecule has 7 nitrogen and oxygen atoms in total. The molecular formula is C20H22FN3O4. The van der Waals surface area contributed by atoms with Crippen molar-refractivity contribution >= 4 is 12.0 Å². The molecule has 0 unspecified atom stereocenters. The van der Waals surface area contributed by atoms with Crippen LogP contribution in [0.15, 0.2) is 58.3 Å². The molecule has 3 rings (SSSR count). The summed E-state index contributed by atoms with van der Waals surface area (Å²) in [4.78, 5) is 26.7. The quantitative estimate of drug-likeness (QED) is 0.714. The highest BCUT2D eigenvalue weighted by atomic mass is 19.1. The summed E-state index contributed by atoms with van der Waals surface area (Å²) in [7, 11) is 1.84. The molecule has 1 aromatic heterocycles. The third-order valence-electron chi connectivity index (χ3n) is 4.27. The summed E-state index contributed by atoms with van der Waals surface area (Å²) in [5.74, 6) is -0.385. The Morgan fingerprint density at radius 3 is 2.64 bits per heavy atom. The van der Waals surface area contributed by atoms with Crippen molar-refractivity contribution in [3.8, 4) is 0 Å². The van der Waals surface area contributed by atoms with Gasteiger partial charge in [0.2, 0.25) is 0 Å². The zero-order valence-corrected chi connectivity index (χ0v) is 15.7. The summed E-state index contributed by atoms with van der Waals surface area (Å²) in [6.07, 6.45) is 1.48. The topological polar surface area (TPSA) is 83.8 Å². The number of hydrogen-bond acceptors (Lipinski definition) is 5. The molecule has 148 valence electrons. The van der Waals surface area contributed by atoms with E-state index < -0.39 is 18.0 Å². The number of hydrogen-bond donors (Lipinski definition) is 2. The van der Waals surface area contributed by atoms with Crippen LogP contribution in [0, 0.1) is 5.82 Å². The summed E-state index contributed by atoms with van der Waals surface area (Å²) in [5, 5.41) is 5.41. The first kappa shape index (κ1) is 19.6. The first-order chi connectivity index (χ1) is 13.5. The van der Waals surface area contributed by atoms with E-state index in [1.54, 1.807) is 31.2 Å². The molecule has 0 saturated heterocycles. The molecule has 2 aromatic rings. The van der Waals surface area contributed by atoms with Gasteiger partial charge >= 0.3 is 12.0 Å². The molecule has 0 aliphatic carbocycles. The van der Waals surface area contributed by atoms with Crippen molar-refractivity contribution < 1.29 is 23.1 Å². The number of nitrogens with zero attached hydrogens (tertiary/aromatic N) is 1. The summed E-state index contributed by atoms with van der Waals surface area (Å²) in [6, 6.07) is 8.38. The standard InChI is InChI=1S/C20H22FN3O4/c1-3-27-19(25)17-15(12-24(2)11-13-6-8-14(21)9-7-13)22-20(26)23-18(17)16-5-4-10-28-16/h4-10,18H,3,11-12H2,1-2H3,(H2,22,23,26)/t18-/m0/s1. The maximum absolute atomic E-state index is 13.1. The van der Waals surface area contributed by atoms with Crippen LogP contribution < -0.4 is 10.6 Å². The second kappa shape index (κ2) is 8.71. The molecule has 0 saturated carbocycles. The lowest BCUT2D eigenvalue weighted by molar-refractivity contribution is -0.139. The van der Waals surface area contributed by atoms with Gasteiger partial charge in [-0.3, -0.25) is 4.90 Å². The first-order valence-electron chi connectivity index (χ1n) is 8.92. The zero-order valence-electron chi connectivity index (χ0n) is 15.7. The van der Waals surface area contributed by atoms with Crippen molar-refractivity contribution in [2.24, 2.45) is 0 Å². The van der Waals surface area contributed by atoms with Crippen LogP contribution >= 0.6 is 0 Å². The predicted molar refractivity (Wildman–Crippen MR) is 99.5 cm³/mol. The van der Waals surface area contributed by atoms with Crippen molar-refractivity contribution in [1.82, 2.24) is 15.5 Å². The zero-order chi connectivity index (χ0) is 20.1. The number of rotatable bonds is 7. The fourth-order valence-electron chi connectivity index (χ4n) is 3.09. The number of amides is 2. The summed E-state index contributed by atoms with van der Waals surface area (Å²) >= 11 is 0. The van der Waals surface area contributed by atoms with Gasteiger partial charge in [0.05, 0.1) is 18.4 Å². The summed E-state index contributed by atoms with van der Waals surface area (Å²) in [6.45, 7) is 2.72. The van der Waals surface area contributed by atoms with Crippen molar-refractivity contribution in [2.75, 3.05) is 20.2 Å². The minimum absolute atomic E-state index is 0.208. The number of esters is 1. The number of carbonyl (C=O) groups is 2. The smallest absolute Gasteiger partial charge is 0.338 e. The van der Waals surface area contributed by atoms with Crippen LogP contribution in [0.4, 0.5) is 9.18 Å². The monoisotopic (exact) mass is 387 g/mol. The first-order valence-corrected chi connectivity index (χ1v) is 8.92. The third kappa shape index (κ3) is 4.58. The number of halogens is 1. The van der Waals surface area contributed by atoms with Crippen LogP contribution in [0.3, 0.4) is 0 Å². The highest BCUT2D eigenvalue weighted by molar-refractivity contribution is 5.95. The van der Waals surface area contributed by atoms with Crippen LogP contribution in [0.5, 0.6) is 0 Å². The molecule has 8 heteroatoms. The maximum atomic E-state index is 13.1. The Morgan fingerprint density at radius 1 is 1.25 bits per heavy atom. The van der Waals surface area contributed by atoms with E-state index in [-0.39, 0.29) is 19.0 Å². The Morgan fingerprint density at radius 2 is 2.00 bits per heavy atom. The molecule has 0 fully saturated rings. The lowest BCUT2D eigenvalue weighted by atomic mass is 10.00. The van der Waals surface area contributed by atoms with E-state index in [1.807, 2.05) is 11.9 Å². The van der Waals surface area contributed by atoms with Gasteiger partial charge in [0.1, 0.15) is 17.6 Å². The highest BCUT2D eigenvalue weighted by Crippen LogP contribution is 2.28. The van der Waals surface area contributed by atoms with Crippen LogP contribution in [-0.4, -0.2) is 37.1 Å². The van der Waals surface area contributed by atoms with Gasteiger partial charge in [0.25, 0.3) is 0 Å². The minimum Gasteiger partial charge on any atom is -0.467 e. The van der Waals surface area contributed by atoms with Crippen molar-refractivity contribution in [2.45, 2.75) is 19.5 Å². The van der Waals surface area contributed by atoms with Gasteiger partial charge in [-0.2, -0.15) is 0 Å². The number of benzene rings is 1. The predicted octanol–water partition coefficient (Wildman–Crippen LogP) is 2.72. The second-order valence-corrected chi connectivity index (χ2v) is 6.46. The number of urea groups is 1. The molecule has 0 radical (unpaired) electrons. The van der Waals surface area contributed by atoms with E-state index in [0.717, 1.165) is 5.56 Å². The van der Waals surface area contributed by atoms with Crippen molar-refractivity contribution in [1.29, 1.82) is 0 Å². The number of carbonyl (C=O) groups excluding carboxylic acids is 2. The molecule has 1 atom stereocenters. The van der Waals surface area contributed by atoms with Crippen LogP contribution in [-0.2, 0) is 16.1 Å². The lowest BCUT2D eigenvalue weighted by Gasteiger charge is -2.30. The number of likely N-dealkylation sites (N-methyl/N-ethyl adjacent to an activating group) is 1. The molecule has 1 aliphatic rings. The van der Waals surface area contributed by atoms with E-state index in [9.17, 15) is 14.0 Å². The summed E-state index contributed by atoms with van der Waals surface area (Å²) in [5.41, 5.74) is 1.64. The Hall–Kier alpha value is -3.13.